The van der Waals surface area contributed by atoms with Gasteiger partial charge in [-0.25, -0.2) is 0 Å². The van der Waals surface area contributed by atoms with Crippen molar-refractivity contribution < 1.29 is 4.92 Å². The lowest BCUT2D eigenvalue weighted by molar-refractivity contribution is -0.385. The van der Waals surface area contributed by atoms with Crippen LogP contribution in [0.3, 0.4) is 0 Å². The molecule has 0 amide bonds. The quantitative estimate of drug-likeness (QED) is 0.569. The van der Waals surface area contributed by atoms with Crippen LogP contribution in [-0.4, -0.2) is 4.92 Å². The molecule has 16 heavy (non-hydrogen) atoms. The van der Waals surface area contributed by atoms with Crippen molar-refractivity contribution in [3.63, 3.8) is 0 Å². The average Bonchev–Trinajstić information content (AvgIpc) is 2.29. The Hall–Kier alpha value is -2.66. The molecule has 0 saturated heterocycles. The first-order valence-electron chi connectivity index (χ1n) is 4.41. The fourth-order valence-electron chi connectivity index (χ4n) is 1.15. The van der Waals surface area contributed by atoms with Crippen molar-refractivity contribution in [2.75, 3.05) is 0 Å². The Balaban J connectivity index is 3.09. The number of benzene rings is 1. The lowest BCUT2D eigenvalue weighted by Gasteiger charge is -1.96. The molecule has 0 bridgehead atoms. The van der Waals surface area contributed by atoms with Crippen molar-refractivity contribution in [3.05, 3.63) is 45.5 Å². The largest absolute Gasteiger partial charge is 0.287 e. The van der Waals surface area contributed by atoms with Gasteiger partial charge in [-0.2, -0.15) is 10.5 Å². The molecule has 5 heteroatoms. The molecule has 0 N–H and O–H groups in total. The maximum absolute atomic E-state index is 10.6. The fourth-order valence-corrected chi connectivity index (χ4v) is 1.15. The second-order valence-corrected chi connectivity index (χ2v) is 2.91. The maximum Gasteiger partial charge on any atom is 0.287 e. The van der Waals surface area contributed by atoms with Crippen LogP contribution >= 0.6 is 0 Å². The summed E-state index contributed by atoms with van der Waals surface area (Å²) in [6.45, 7) is 0. The van der Waals surface area contributed by atoms with E-state index in [1.807, 2.05) is 6.07 Å². The van der Waals surface area contributed by atoms with Crippen LogP contribution in [0, 0.1) is 32.8 Å². The number of nitriles is 2. The van der Waals surface area contributed by atoms with Gasteiger partial charge in [0.2, 0.25) is 0 Å². The van der Waals surface area contributed by atoms with Crippen molar-refractivity contribution in [1.82, 2.24) is 0 Å². The highest BCUT2D eigenvalue weighted by Gasteiger charge is 2.12. The van der Waals surface area contributed by atoms with E-state index < -0.39 is 4.92 Å². The predicted molar refractivity (Wildman–Crippen MR) is 57.1 cm³/mol. The zero-order valence-corrected chi connectivity index (χ0v) is 8.25. The maximum atomic E-state index is 10.6. The summed E-state index contributed by atoms with van der Waals surface area (Å²) in [5.41, 5.74) is 0.407. The van der Waals surface area contributed by atoms with Gasteiger partial charge >= 0.3 is 0 Å². The summed E-state index contributed by atoms with van der Waals surface area (Å²) in [5, 5.41) is 27.6. The smallest absolute Gasteiger partial charge is 0.258 e. The number of hydrogen-bond donors (Lipinski definition) is 0. The molecule has 0 saturated carbocycles. The third-order valence-corrected chi connectivity index (χ3v) is 1.86. The van der Waals surface area contributed by atoms with Crippen LogP contribution in [0.1, 0.15) is 17.5 Å². The number of nitro groups is 1. The zero-order chi connectivity index (χ0) is 12.0. The Kier molecular flexibility index (Phi) is 3.77. The summed E-state index contributed by atoms with van der Waals surface area (Å²) in [7, 11) is 0. The van der Waals surface area contributed by atoms with Gasteiger partial charge in [0.15, 0.2) is 0 Å². The van der Waals surface area contributed by atoms with E-state index in [0.717, 1.165) is 0 Å². The molecule has 1 aromatic rings. The molecule has 5 nitrogen and oxygen atoms in total. The van der Waals surface area contributed by atoms with Gasteiger partial charge in [-0.3, -0.25) is 10.1 Å². The normalized spacial score (nSPS) is 9.62. The lowest BCUT2D eigenvalue weighted by Crippen LogP contribution is -1.92. The number of hydrogen-bond acceptors (Lipinski definition) is 4. The van der Waals surface area contributed by atoms with E-state index in [2.05, 4.69) is 0 Å². The molecular weight excluding hydrogens is 206 g/mol. The molecule has 1 aromatic carbocycles. The molecule has 0 atom stereocenters. The molecule has 0 spiro atoms. The molecule has 0 heterocycles. The number of nitro benzene ring substituents is 1. The molecule has 0 unspecified atom stereocenters. The third kappa shape index (κ3) is 2.66. The van der Waals surface area contributed by atoms with Crippen molar-refractivity contribution >= 4 is 11.8 Å². The SMILES string of the molecule is N#CCC=Cc1ccc(C#N)c([N+](=O)[O-])c1. The standard InChI is InChI=1S/C11H7N3O2/c12-6-2-1-3-9-4-5-10(8-13)11(7-9)14(15)16/h1,3-5,7H,2H2. The zero-order valence-electron chi connectivity index (χ0n) is 8.25. The van der Waals surface area contributed by atoms with Crippen LogP contribution in [0.15, 0.2) is 24.3 Å². The Bertz CT molecular complexity index is 521. The van der Waals surface area contributed by atoms with E-state index in [1.54, 1.807) is 24.3 Å². The molecule has 0 aliphatic carbocycles. The monoisotopic (exact) mass is 213 g/mol. The first-order chi connectivity index (χ1) is 7.69. The van der Waals surface area contributed by atoms with Crippen molar-refractivity contribution in [2.45, 2.75) is 6.42 Å². The molecule has 78 valence electrons. The summed E-state index contributed by atoms with van der Waals surface area (Å²) >= 11 is 0. The summed E-state index contributed by atoms with van der Waals surface area (Å²) in [5.74, 6) is 0. The fraction of sp³-hybridized carbons (Fsp3) is 0.0909. The Morgan fingerprint density at radius 2 is 2.19 bits per heavy atom. The minimum absolute atomic E-state index is 0.0300. The van der Waals surface area contributed by atoms with Crippen LogP contribution in [0.5, 0.6) is 0 Å². The van der Waals surface area contributed by atoms with Gasteiger partial charge < -0.3 is 0 Å². The number of rotatable bonds is 3. The summed E-state index contributed by atoms with van der Waals surface area (Å²) in [6.07, 6.45) is 3.45. The molecular formula is C11H7N3O2. The summed E-state index contributed by atoms with van der Waals surface area (Å²) in [4.78, 5) is 10.0. The lowest BCUT2D eigenvalue weighted by atomic mass is 10.1. The first kappa shape index (κ1) is 11.4. The van der Waals surface area contributed by atoms with Gasteiger partial charge in [0.1, 0.15) is 11.6 Å². The van der Waals surface area contributed by atoms with Gasteiger partial charge in [-0.15, -0.1) is 0 Å². The first-order valence-corrected chi connectivity index (χ1v) is 4.41. The van der Waals surface area contributed by atoms with E-state index in [0.29, 0.717) is 5.56 Å². The van der Waals surface area contributed by atoms with Crippen molar-refractivity contribution in [2.24, 2.45) is 0 Å². The van der Waals surface area contributed by atoms with E-state index in [9.17, 15) is 10.1 Å². The van der Waals surface area contributed by atoms with Crippen LogP contribution in [0.25, 0.3) is 6.08 Å². The van der Waals surface area contributed by atoms with E-state index in [1.165, 1.54) is 12.1 Å². The third-order valence-electron chi connectivity index (χ3n) is 1.86. The van der Waals surface area contributed by atoms with Gasteiger partial charge in [-0.05, 0) is 11.6 Å². The molecule has 0 aromatic heterocycles. The molecule has 0 aliphatic heterocycles. The van der Waals surface area contributed by atoms with Crippen LogP contribution in [-0.2, 0) is 0 Å². The van der Waals surface area contributed by atoms with Crippen LogP contribution in [0.2, 0.25) is 0 Å². The van der Waals surface area contributed by atoms with Crippen LogP contribution in [0.4, 0.5) is 5.69 Å². The van der Waals surface area contributed by atoms with Gasteiger partial charge in [0, 0.05) is 6.07 Å². The highest BCUT2D eigenvalue weighted by molar-refractivity contribution is 5.59. The second-order valence-electron chi connectivity index (χ2n) is 2.91. The molecule has 0 aliphatic rings. The van der Waals surface area contributed by atoms with E-state index in [-0.39, 0.29) is 17.7 Å². The summed E-state index contributed by atoms with van der Waals surface area (Å²) in [6, 6.07) is 7.98. The van der Waals surface area contributed by atoms with E-state index >= 15 is 0 Å². The van der Waals surface area contributed by atoms with Crippen LogP contribution < -0.4 is 0 Å². The predicted octanol–water partition coefficient (Wildman–Crippen LogP) is 2.39. The molecule has 0 radical (unpaired) electrons. The average molecular weight is 213 g/mol. The van der Waals surface area contributed by atoms with Gasteiger partial charge in [-0.1, -0.05) is 18.2 Å². The number of nitrogens with zero attached hydrogens (tertiary/aromatic N) is 3. The van der Waals surface area contributed by atoms with Gasteiger partial charge in [0.05, 0.1) is 17.4 Å². The van der Waals surface area contributed by atoms with E-state index in [4.69, 9.17) is 10.5 Å². The Labute approximate surface area is 92.0 Å². The Morgan fingerprint density at radius 3 is 2.75 bits per heavy atom. The molecule has 0 fully saturated rings. The van der Waals surface area contributed by atoms with Gasteiger partial charge in [0.25, 0.3) is 5.69 Å². The van der Waals surface area contributed by atoms with Crippen molar-refractivity contribution in [3.8, 4) is 12.1 Å². The minimum Gasteiger partial charge on any atom is -0.258 e. The summed E-state index contributed by atoms with van der Waals surface area (Å²) < 4.78 is 0. The second kappa shape index (κ2) is 5.28. The molecule has 1 rings (SSSR count). The highest BCUT2D eigenvalue weighted by Crippen LogP contribution is 2.20. The minimum atomic E-state index is -0.597. The topological polar surface area (TPSA) is 90.7 Å². The Morgan fingerprint density at radius 1 is 1.44 bits per heavy atom. The number of allylic oxidation sites excluding steroid dienone is 1. The van der Waals surface area contributed by atoms with Crippen molar-refractivity contribution in [1.29, 1.82) is 10.5 Å². The highest BCUT2D eigenvalue weighted by atomic mass is 16.6.